The molecule has 0 aliphatic heterocycles. The van der Waals surface area contributed by atoms with Crippen LogP contribution in [0, 0.1) is 5.82 Å². The lowest BCUT2D eigenvalue weighted by atomic mass is 9.91. The predicted molar refractivity (Wildman–Crippen MR) is 66.0 cm³/mol. The molecule has 0 unspecified atom stereocenters. The summed E-state index contributed by atoms with van der Waals surface area (Å²) in [6, 6.07) is 10.7. The maximum absolute atomic E-state index is 12.9. The van der Waals surface area contributed by atoms with Gasteiger partial charge in [0.05, 0.1) is 5.69 Å². The zero-order valence-corrected chi connectivity index (χ0v) is 9.36. The maximum Gasteiger partial charge on any atom is 0.123 e. The molecule has 2 aromatic rings. The second kappa shape index (κ2) is 4.13. The molecule has 1 aromatic heterocycles. The Bertz CT molecular complexity index is 570. The number of nitrogens with zero attached hydrogens (tertiary/aromatic N) is 1. The zero-order chi connectivity index (χ0) is 11.7. The molecule has 1 nitrogen and oxygen atoms in total. The molecule has 1 heterocycles. The van der Waals surface area contributed by atoms with E-state index in [0.29, 0.717) is 0 Å². The van der Waals surface area contributed by atoms with Crippen LogP contribution in [0.5, 0.6) is 0 Å². The minimum Gasteiger partial charge on any atom is -0.256 e. The number of halogens is 1. The number of benzene rings is 1. The van der Waals surface area contributed by atoms with Crippen molar-refractivity contribution >= 4 is 5.57 Å². The molecule has 0 amide bonds. The number of fused-ring (bicyclic) bond motifs is 1. The van der Waals surface area contributed by atoms with Gasteiger partial charge in [0.25, 0.3) is 0 Å². The average Bonchev–Trinajstić information content (AvgIpc) is 2.39. The Morgan fingerprint density at radius 3 is 2.71 bits per heavy atom. The van der Waals surface area contributed by atoms with E-state index in [4.69, 9.17) is 0 Å². The average molecular weight is 225 g/mol. The minimum atomic E-state index is -0.202. The van der Waals surface area contributed by atoms with Gasteiger partial charge in [0.2, 0.25) is 0 Å². The largest absolute Gasteiger partial charge is 0.256 e. The number of allylic oxidation sites excluding steroid dienone is 1. The van der Waals surface area contributed by atoms with Crippen molar-refractivity contribution in [2.75, 3.05) is 0 Å². The van der Waals surface area contributed by atoms with E-state index in [2.05, 4.69) is 17.1 Å². The van der Waals surface area contributed by atoms with Gasteiger partial charge >= 0.3 is 0 Å². The van der Waals surface area contributed by atoms with Gasteiger partial charge in [0, 0.05) is 11.8 Å². The smallest absolute Gasteiger partial charge is 0.123 e. The molecule has 0 N–H and O–H groups in total. The van der Waals surface area contributed by atoms with Crippen molar-refractivity contribution in [3.8, 4) is 0 Å². The van der Waals surface area contributed by atoms with Crippen LogP contribution in [0.15, 0.2) is 48.7 Å². The molecule has 0 spiro atoms. The Balaban J connectivity index is 2.09. The highest BCUT2D eigenvalue weighted by atomic mass is 19.1. The van der Waals surface area contributed by atoms with E-state index in [0.717, 1.165) is 29.7 Å². The van der Waals surface area contributed by atoms with E-state index in [1.54, 1.807) is 0 Å². The first-order valence-corrected chi connectivity index (χ1v) is 5.75. The second-order valence-electron chi connectivity index (χ2n) is 4.17. The van der Waals surface area contributed by atoms with Crippen LogP contribution in [-0.4, -0.2) is 4.98 Å². The molecule has 1 aliphatic rings. The monoisotopic (exact) mass is 225 g/mol. The van der Waals surface area contributed by atoms with Crippen LogP contribution in [0.3, 0.4) is 0 Å². The molecule has 1 aliphatic carbocycles. The van der Waals surface area contributed by atoms with Crippen LogP contribution in [0.4, 0.5) is 4.39 Å². The van der Waals surface area contributed by atoms with Crippen molar-refractivity contribution in [2.24, 2.45) is 0 Å². The molecule has 0 atom stereocenters. The third-order valence-corrected chi connectivity index (χ3v) is 3.06. The third kappa shape index (κ3) is 1.86. The number of pyridine rings is 1. The van der Waals surface area contributed by atoms with Gasteiger partial charge in [-0.3, -0.25) is 4.98 Å². The number of aromatic nitrogens is 1. The fourth-order valence-corrected chi connectivity index (χ4v) is 2.24. The van der Waals surface area contributed by atoms with Crippen molar-refractivity contribution < 1.29 is 4.39 Å². The maximum atomic E-state index is 12.9. The van der Waals surface area contributed by atoms with Crippen molar-refractivity contribution in [3.63, 3.8) is 0 Å². The predicted octanol–water partition coefficient (Wildman–Crippen LogP) is 3.60. The van der Waals surface area contributed by atoms with Crippen molar-refractivity contribution in [1.82, 2.24) is 4.98 Å². The summed E-state index contributed by atoms with van der Waals surface area (Å²) in [5.41, 5.74) is 4.46. The van der Waals surface area contributed by atoms with Crippen LogP contribution in [-0.2, 0) is 6.42 Å². The Kier molecular flexibility index (Phi) is 2.48. The first-order valence-electron chi connectivity index (χ1n) is 5.75. The summed E-state index contributed by atoms with van der Waals surface area (Å²) >= 11 is 0. The first-order chi connectivity index (χ1) is 8.34. The summed E-state index contributed by atoms with van der Waals surface area (Å²) in [6.45, 7) is 0. The highest BCUT2D eigenvalue weighted by Crippen LogP contribution is 2.29. The van der Waals surface area contributed by atoms with Gasteiger partial charge in [0.15, 0.2) is 0 Å². The van der Waals surface area contributed by atoms with E-state index >= 15 is 0 Å². The number of aryl methyl sites for hydroxylation is 1. The number of hydrogen-bond acceptors (Lipinski definition) is 1. The molecule has 1 aromatic carbocycles. The highest BCUT2D eigenvalue weighted by molar-refractivity contribution is 5.80. The Morgan fingerprint density at radius 2 is 1.88 bits per heavy atom. The molecule has 0 bridgehead atoms. The lowest BCUT2D eigenvalue weighted by Gasteiger charge is -2.16. The van der Waals surface area contributed by atoms with Crippen LogP contribution < -0.4 is 0 Å². The summed E-state index contributed by atoms with van der Waals surface area (Å²) in [6.07, 6.45) is 6.04. The molecule has 0 radical (unpaired) electrons. The SMILES string of the molecule is Fc1ccc(C2=CCCc3cccnc32)cc1. The highest BCUT2D eigenvalue weighted by Gasteiger charge is 2.14. The summed E-state index contributed by atoms with van der Waals surface area (Å²) in [4.78, 5) is 4.44. The lowest BCUT2D eigenvalue weighted by Crippen LogP contribution is -2.03. The summed E-state index contributed by atoms with van der Waals surface area (Å²) in [5.74, 6) is -0.202. The third-order valence-electron chi connectivity index (χ3n) is 3.06. The number of hydrogen-bond donors (Lipinski definition) is 0. The molecular weight excluding hydrogens is 213 g/mol. The van der Waals surface area contributed by atoms with E-state index in [-0.39, 0.29) is 5.82 Å². The molecule has 0 fully saturated rings. The lowest BCUT2D eigenvalue weighted by molar-refractivity contribution is 0.627. The quantitative estimate of drug-likeness (QED) is 0.722. The van der Waals surface area contributed by atoms with Crippen LogP contribution in [0.2, 0.25) is 0 Å². The van der Waals surface area contributed by atoms with Crippen LogP contribution in [0.25, 0.3) is 5.57 Å². The van der Waals surface area contributed by atoms with Gasteiger partial charge in [-0.1, -0.05) is 24.3 Å². The summed E-state index contributed by atoms with van der Waals surface area (Å²) in [7, 11) is 0. The second-order valence-corrected chi connectivity index (χ2v) is 4.17. The van der Waals surface area contributed by atoms with Crippen molar-refractivity contribution in [1.29, 1.82) is 0 Å². The summed E-state index contributed by atoms with van der Waals surface area (Å²) < 4.78 is 12.9. The molecule has 17 heavy (non-hydrogen) atoms. The molecule has 2 heteroatoms. The fourth-order valence-electron chi connectivity index (χ4n) is 2.24. The molecule has 0 saturated carbocycles. The first kappa shape index (κ1) is 10.2. The van der Waals surface area contributed by atoms with E-state index in [9.17, 15) is 4.39 Å². The Hall–Kier alpha value is -1.96. The van der Waals surface area contributed by atoms with Crippen LogP contribution >= 0.6 is 0 Å². The van der Waals surface area contributed by atoms with Crippen molar-refractivity contribution in [2.45, 2.75) is 12.8 Å². The summed E-state index contributed by atoms with van der Waals surface area (Å²) in [5, 5.41) is 0. The topological polar surface area (TPSA) is 12.9 Å². The van der Waals surface area contributed by atoms with E-state index in [1.165, 1.54) is 17.7 Å². The van der Waals surface area contributed by atoms with Gasteiger partial charge in [-0.05, 0) is 42.2 Å². The van der Waals surface area contributed by atoms with Crippen molar-refractivity contribution in [3.05, 3.63) is 71.3 Å². The Morgan fingerprint density at radius 1 is 1.06 bits per heavy atom. The normalized spacial score (nSPS) is 14.1. The zero-order valence-electron chi connectivity index (χ0n) is 9.36. The molecule has 0 saturated heterocycles. The van der Waals surface area contributed by atoms with Gasteiger partial charge in [-0.2, -0.15) is 0 Å². The number of rotatable bonds is 1. The molecule has 3 rings (SSSR count). The van der Waals surface area contributed by atoms with E-state index < -0.39 is 0 Å². The minimum absolute atomic E-state index is 0.202. The Labute approximate surface area is 99.6 Å². The van der Waals surface area contributed by atoms with Gasteiger partial charge in [-0.15, -0.1) is 0 Å². The van der Waals surface area contributed by atoms with Crippen LogP contribution in [0.1, 0.15) is 23.2 Å². The standard InChI is InChI=1S/C15H12FN/c16-13-8-6-11(7-9-13)14-5-1-3-12-4-2-10-17-15(12)14/h2,4-10H,1,3H2. The molecule has 84 valence electrons. The fraction of sp³-hybridized carbons (Fsp3) is 0.133. The molecular formula is C15H12FN. The van der Waals surface area contributed by atoms with E-state index in [1.807, 2.05) is 24.4 Å². The van der Waals surface area contributed by atoms with Gasteiger partial charge < -0.3 is 0 Å². The van der Waals surface area contributed by atoms with Gasteiger partial charge in [-0.25, -0.2) is 4.39 Å². The van der Waals surface area contributed by atoms with Gasteiger partial charge in [0.1, 0.15) is 5.82 Å².